The zero-order valence-electron chi connectivity index (χ0n) is 25.1. The lowest BCUT2D eigenvalue weighted by Gasteiger charge is -2.24. The van der Waals surface area contributed by atoms with Gasteiger partial charge in [0.15, 0.2) is 0 Å². The Bertz CT molecular complexity index is 967. The number of allylic oxidation sites excluding steroid dienone is 4. The Kier molecular flexibility index (Phi) is 11.8. The molecular formula is C35H55N3. The van der Waals surface area contributed by atoms with Gasteiger partial charge in [-0.25, -0.2) is 0 Å². The molecule has 38 heavy (non-hydrogen) atoms. The fraction of sp³-hybridized carbons (Fsp3) is 0.600. The van der Waals surface area contributed by atoms with Crippen molar-refractivity contribution in [3.63, 3.8) is 0 Å². The van der Waals surface area contributed by atoms with Crippen molar-refractivity contribution < 1.29 is 0 Å². The molecule has 1 saturated carbocycles. The van der Waals surface area contributed by atoms with Crippen LogP contribution in [0.2, 0.25) is 0 Å². The summed E-state index contributed by atoms with van der Waals surface area (Å²) >= 11 is 0. The predicted molar refractivity (Wildman–Crippen MR) is 167 cm³/mol. The molecule has 1 atom stereocenters. The number of benzene rings is 1. The molecule has 3 heteroatoms. The van der Waals surface area contributed by atoms with E-state index >= 15 is 0 Å². The van der Waals surface area contributed by atoms with Gasteiger partial charge in [-0.15, -0.1) is 0 Å². The van der Waals surface area contributed by atoms with E-state index in [0.29, 0.717) is 6.04 Å². The molecule has 1 aliphatic heterocycles. The van der Waals surface area contributed by atoms with Crippen LogP contribution in [0.4, 0.5) is 0 Å². The molecule has 1 aromatic rings. The van der Waals surface area contributed by atoms with E-state index in [1.807, 2.05) is 0 Å². The third kappa shape index (κ3) is 10.1. The second-order valence-corrected chi connectivity index (χ2v) is 12.9. The van der Waals surface area contributed by atoms with Gasteiger partial charge < -0.3 is 16.0 Å². The van der Waals surface area contributed by atoms with Gasteiger partial charge >= 0.3 is 0 Å². The van der Waals surface area contributed by atoms with Crippen LogP contribution in [0.25, 0.3) is 5.57 Å². The summed E-state index contributed by atoms with van der Waals surface area (Å²) in [6, 6.07) is 10.2. The van der Waals surface area contributed by atoms with Crippen molar-refractivity contribution in [1.82, 2.24) is 16.0 Å². The first-order chi connectivity index (χ1) is 18.1. The van der Waals surface area contributed by atoms with E-state index in [-0.39, 0.29) is 5.41 Å². The third-order valence-corrected chi connectivity index (χ3v) is 8.35. The Morgan fingerprint density at radius 2 is 1.71 bits per heavy atom. The first-order valence-corrected chi connectivity index (χ1v) is 15.2. The first-order valence-electron chi connectivity index (χ1n) is 15.2. The van der Waals surface area contributed by atoms with Gasteiger partial charge in [-0.1, -0.05) is 88.6 Å². The van der Waals surface area contributed by atoms with Gasteiger partial charge in [0.25, 0.3) is 0 Å². The summed E-state index contributed by atoms with van der Waals surface area (Å²) in [5.41, 5.74) is 9.36. The van der Waals surface area contributed by atoms with Gasteiger partial charge in [0, 0.05) is 36.4 Å². The van der Waals surface area contributed by atoms with Crippen LogP contribution in [0.5, 0.6) is 0 Å². The lowest BCUT2D eigenvalue weighted by Crippen LogP contribution is -2.34. The maximum atomic E-state index is 4.44. The number of hydrogen-bond donors (Lipinski definition) is 3. The van der Waals surface area contributed by atoms with Crippen molar-refractivity contribution in [3.05, 3.63) is 77.2 Å². The van der Waals surface area contributed by atoms with Crippen LogP contribution >= 0.6 is 0 Å². The molecule has 1 heterocycles. The SMILES string of the molecule is C=C1C=C(C)CCC(C/C(NCCCNC2CCCCC2)=C(\C)CCC(=C)c2ccc(C(C)(C)C)cc2)N1. The number of hydrogen-bond acceptors (Lipinski definition) is 3. The molecule has 1 fully saturated rings. The van der Waals surface area contributed by atoms with Gasteiger partial charge in [0.05, 0.1) is 0 Å². The number of rotatable bonds is 12. The molecule has 1 unspecified atom stereocenters. The zero-order valence-corrected chi connectivity index (χ0v) is 25.1. The molecular weight excluding hydrogens is 462 g/mol. The quantitative estimate of drug-likeness (QED) is 0.243. The summed E-state index contributed by atoms with van der Waals surface area (Å²) in [6.45, 7) is 22.1. The Labute approximate surface area is 234 Å². The second-order valence-electron chi connectivity index (χ2n) is 12.9. The summed E-state index contributed by atoms with van der Waals surface area (Å²) in [7, 11) is 0. The molecule has 1 aromatic carbocycles. The molecule has 210 valence electrons. The van der Waals surface area contributed by atoms with Crippen LogP contribution in [0.15, 0.2) is 66.0 Å². The molecule has 0 spiro atoms. The summed E-state index contributed by atoms with van der Waals surface area (Å²) in [5.74, 6) is 0. The van der Waals surface area contributed by atoms with Crippen molar-refractivity contribution in [1.29, 1.82) is 0 Å². The molecule has 3 N–H and O–H groups in total. The Morgan fingerprint density at radius 3 is 2.39 bits per heavy atom. The summed E-state index contributed by atoms with van der Waals surface area (Å²) in [6.07, 6.45) is 15.6. The standard InChI is InChI=1S/C35H55N3/c1-26-14-21-33(38-29(4)24-26)25-34(37-23-11-22-36-32-12-9-8-10-13-32)28(3)16-15-27(2)30-17-19-31(20-18-30)35(5,6)7/h17-20,24,32-33,36-38H,2,4,8-16,21-23,25H2,1,3,5-7H3/b34-28-. The Hall–Kier alpha value is -2.26. The molecule has 2 aliphatic rings. The highest BCUT2D eigenvalue weighted by molar-refractivity contribution is 5.63. The molecule has 3 rings (SSSR count). The highest BCUT2D eigenvalue weighted by Crippen LogP contribution is 2.27. The number of nitrogens with one attached hydrogen (secondary N) is 3. The van der Waals surface area contributed by atoms with E-state index in [1.165, 1.54) is 65.6 Å². The third-order valence-electron chi connectivity index (χ3n) is 8.35. The average Bonchev–Trinajstić information content (AvgIpc) is 3.05. The maximum absolute atomic E-state index is 4.44. The van der Waals surface area contributed by atoms with Crippen molar-refractivity contribution in [2.75, 3.05) is 13.1 Å². The van der Waals surface area contributed by atoms with Gasteiger partial charge in [-0.05, 0) is 93.5 Å². The van der Waals surface area contributed by atoms with Crippen LogP contribution in [0.1, 0.15) is 116 Å². The van der Waals surface area contributed by atoms with E-state index < -0.39 is 0 Å². The van der Waals surface area contributed by atoms with Gasteiger partial charge in [0.1, 0.15) is 0 Å². The van der Waals surface area contributed by atoms with Crippen LogP contribution in [-0.4, -0.2) is 25.2 Å². The first kappa shape index (κ1) is 30.3. The van der Waals surface area contributed by atoms with Crippen molar-refractivity contribution >= 4 is 5.57 Å². The molecule has 3 nitrogen and oxygen atoms in total. The van der Waals surface area contributed by atoms with E-state index in [9.17, 15) is 0 Å². The van der Waals surface area contributed by atoms with Crippen LogP contribution in [0.3, 0.4) is 0 Å². The van der Waals surface area contributed by atoms with E-state index in [4.69, 9.17) is 0 Å². The fourth-order valence-electron chi connectivity index (χ4n) is 5.72. The molecule has 0 amide bonds. The monoisotopic (exact) mass is 517 g/mol. The van der Waals surface area contributed by atoms with E-state index in [2.05, 4.69) is 94.1 Å². The summed E-state index contributed by atoms with van der Waals surface area (Å²) in [5, 5.41) is 11.3. The molecule has 0 radical (unpaired) electrons. The van der Waals surface area contributed by atoms with E-state index in [1.54, 1.807) is 0 Å². The molecule has 0 bridgehead atoms. The smallest absolute Gasteiger partial charge is 0.0318 e. The molecule has 0 aromatic heterocycles. The lowest BCUT2D eigenvalue weighted by atomic mass is 9.86. The minimum absolute atomic E-state index is 0.178. The minimum atomic E-state index is 0.178. The van der Waals surface area contributed by atoms with Crippen LogP contribution < -0.4 is 16.0 Å². The maximum Gasteiger partial charge on any atom is 0.0318 e. The topological polar surface area (TPSA) is 36.1 Å². The minimum Gasteiger partial charge on any atom is -0.388 e. The van der Waals surface area contributed by atoms with Crippen LogP contribution in [0, 0.1) is 0 Å². The largest absolute Gasteiger partial charge is 0.388 e. The van der Waals surface area contributed by atoms with Crippen molar-refractivity contribution in [2.24, 2.45) is 0 Å². The van der Waals surface area contributed by atoms with Crippen LogP contribution in [-0.2, 0) is 5.41 Å². The lowest BCUT2D eigenvalue weighted by molar-refractivity contribution is 0.371. The fourth-order valence-corrected chi connectivity index (χ4v) is 5.72. The molecule has 0 saturated heterocycles. The second kappa shape index (κ2) is 14.8. The predicted octanol–water partition coefficient (Wildman–Crippen LogP) is 8.56. The zero-order chi connectivity index (χ0) is 27.5. The normalized spacial score (nSPS) is 19.8. The highest BCUT2D eigenvalue weighted by atomic mass is 15.0. The van der Waals surface area contributed by atoms with Gasteiger partial charge in [0.2, 0.25) is 0 Å². The van der Waals surface area contributed by atoms with Gasteiger partial charge in [-0.2, -0.15) is 0 Å². The Balaban J connectivity index is 1.58. The van der Waals surface area contributed by atoms with E-state index in [0.717, 1.165) is 63.4 Å². The van der Waals surface area contributed by atoms with Gasteiger partial charge in [-0.3, -0.25) is 0 Å². The highest BCUT2D eigenvalue weighted by Gasteiger charge is 2.17. The Morgan fingerprint density at radius 1 is 1.00 bits per heavy atom. The summed E-state index contributed by atoms with van der Waals surface area (Å²) in [4.78, 5) is 0. The van der Waals surface area contributed by atoms with Crippen molar-refractivity contribution in [2.45, 2.75) is 123 Å². The average molecular weight is 518 g/mol. The summed E-state index contributed by atoms with van der Waals surface area (Å²) < 4.78 is 0. The molecule has 1 aliphatic carbocycles. The van der Waals surface area contributed by atoms with Crippen molar-refractivity contribution in [3.8, 4) is 0 Å².